The van der Waals surface area contributed by atoms with Gasteiger partial charge in [0.15, 0.2) is 0 Å². The van der Waals surface area contributed by atoms with Crippen molar-refractivity contribution in [3.05, 3.63) is 39.3 Å². The van der Waals surface area contributed by atoms with Gasteiger partial charge in [-0.25, -0.2) is 4.98 Å². The van der Waals surface area contributed by atoms with Crippen molar-refractivity contribution in [3.63, 3.8) is 0 Å². The molecule has 1 saturated heterocycles. The van der Waals surface area contributed by atoms with E-state index in [1.54, 1.807) is 17.5 Å². The molecule has 1 aromatic heterocycles. The zero-order valence-electron chi connectivity index (χ0n) is 12.3. The monoisotopic (exact) mass is 364 g/mol. The molecular weight excluding hydrogens is 351 g/mol. The van der Waals surface area contributed by atoms with Crippen molar-refractivity contribution in [1.29, 1.82) is 0 Å². The van der Waals surface area contributed by atoms with Crippen LogP contribution in [-0.4, -0.2) is 28.9 Å². The first-order valence-corrected chi connectivity index (χ1v) is 8.85. The molecule has 0 radical (unpaired) electrons. The smallest absolute Gasteiger partial charge is 0.273 e. The lowest BCUT2D eigenvalue weighted by atomic mass is 9.94. The Balaban J connectivity index is 1.68. The quantitative estimate of drug-likeness (QED) is 0.742. The maximum Gasteiger partial charge on any atom is 0.273 e. The minimum atomic E-state index is -0.0328. The third-order valence-corrected chi connectivity index (χ3v) is 5.25. The van der Waals surface area contributed by atoms with Gasteiger partial charge in [-0.2, -0.15) is 0 Å². The zero-order valence-corrected chi connectivity index (χ0v) is 14.6. The molecule has 3 nitrogen and oxygen atoms in total. The fourth-order valence-electron chi connectivity index (χ4n) is 2.53. The van der Waals surface area contributed by atoms with Crippen LogP contribution in [0.5, 0.6) is 0 Å². The van der Waals surface area contributed by atoms with Crippen molar-refractivity contribution in [2.45, 2.75) is 12.8 Å². The molecule has 3 rings (SSSR count). The fourth-order valence-corrected chi connectivity index (χ4v) is 3.91. The number of rotatable bonds is 4. The topological polar surface area (TPSA) is 33.2 Å². The number of carbonyl (C=O) groups is 1. The molecule has 0 unspecified atom stereocenters. The molecule has 23 heavy (non-hydrogen) atoms. The molecule has 1 amide bonds. The molecule has 2 heterocycles. The number of nitrogens with zero attached hydrogens (tertiary/aromatic N) is 2. The third kappa shape index (κ3) is 3.53. The molecule has 1 aromatic carbocycles. The van der Waals surface area contributed by atoms with Crippen molar-refractivity contribution < 1.29 is 4.79 Å². The van der Waals surface area contributed by atoms with E-state index in [2.05, 4.69) is 10.9 Å². The van der Waals surface area contributed by atoms with Gasteiger partial charge in [0.05, 0.1) is 5.02 Å². The lowest BCUT2D eigenvalue weighted by molar-refractivity contribution is 0.0483. The van der Waals surface area contributed by atoms with Crippen molar-refractivity contribution in [2.75, 3.05) is 13.1 Å². The predicted molar refractivity (Wildman–Crippen MR) is 95.0 cm³/mol. The molecular formula is C17H14Cl2N2OS. The van der Waals surface area contributed by atoms with E-state index in [1.807, 2.05) is 11.0 Å². The standard InChI is InChI=1S/C17H14Cl2N2OS/c1-2-3-4-11-8-21(9-11)17(22)15-10-23-16(20-15)13-6-5-12(18)7-14(13)19/h1,5-7,10-11H,3-4,8-9H2. The highest BCUT2D eigenvalue weighted by Gasteiger charge is 2.31. The second-order valence-electron chi connectivity index (χ2n) is 5.48. The summed E-state index contributed by atoms with van der Waals surface area (Å²) in [6, 6.07) is 5.25. The van der Waals surface area contributed by atoms with Crippen LogP contribution in [-0.2, 0) is 0 Å². The molecule has 0 N–H and O–H groups in total. The Morgan fingerprint density at radius 2 is 2.22 bits per heavy atom. The van der Waals surface area contributed by atoms with Gasteiger partial charge in [0, 0.05) is 35.5 Å². The zero-order chi connectivity index (χ0) is 16.4. The molecule has 1 aliphatic heterocycles. The highest BCUT2D eigenvalue weighted by molar-refractivity contribution is 7.13. The van der Waals surface area contributed by atoms with E-state index in [0.29, 0.717) is 21.7 Å². The molecule has 0 saturated carbocycles. The van der Waals surface area contributed by atoms with Gasteiger partial charge in [-0.15, -0.1) is 23.7 Å². The number of hydrogen-bond donors (Lipinski definition) is 0. The lowest BCUT2D eigenvalue weighted by Crippen LogP contribution is -2.49. The molecule has 0 bridgehead atoms. The molecule has 6 heteroatoms. The van der Waals surface area contributed by atoms with Crippen LogP contribution in [0, 0.1) is 18.3 Å². The summed E-state index contributed by atoms with van der Waals surface area (Å²) in [6.07, 6.45) is 7.00. The van der Waals surface area contributed by atoms with Gasteiger partial charge in [-0.1, -0.05) is 23.2 Å². The maximum absolute atomic E-state index is 12.4. The van der Waals surface area contributed by atoms with Gasteiger partial charge in [0.1, 0.15) is 10.7 Å². The number of benzene rings is 1. The Labute approximate surface area is 149 Å². The van der Waals surface area contributed by atoms with Crippen LogP contribution >= 0.6 is 34.5 Å². The number of hydrogen-bond acceptors (Lipinski definition) is 3. The van der Waals surface area contributed by atoms with Crippen LogP contribution in [0.2, 0.25) is 10.0 Å². The molecule has 0 spiro atoms. The summed E-state index contributed by atoms with van der Waals surface area (Å²) in [7, 11) is 0. The Morgan fingerprint density at radius 3 is 2.91 bits per heavy atom. The highest BCUT2D eigenvalue weighted by Crippen LogP contribution is 2.33. The minimum absolute atomic E-state index is 0.0328. The molecule has 1 aliphatic rings. The minimum Gasteiger partial charge on any atom is -0.337 e. The van der Waals surface area contributed by atoms with Gasteiger partial charge in [0.25, 0.3) is 5.91 Å². The molecule has 2 aromatic rings. The second kappa shape index (κ2) is 6.92. The first-order chi connectivity index (χ1) is 11.1. The largest absolute Gasteiger partial charge is 0.337 e. The average Bonchev–Trinajstić information content (AvgIpc) is 2.95. The van der Waals surface area contributed by atoms with Crippen LogP contribution in [0.25, 0.3) is 10.6 Å². The number of amides is 1. The highest BCUT2D eigenvalue weighted by atomic mass is 35.5. The van der Waals surface area contributed by atoms with Gasteiger partial charge < -0.3 is 4.90 Å². The Morgan fingerprint density at radius 1 is 1.43 bits per heavy atom. The van der Waals surface area contributed by atoms with Gasteiger partial charge in [0.2, 0.25) is 0 Å². The summed E-state index contributed by atoms with van der Waals surface area (Å²) < 4.78 is 0. The summed E-state index contributed by atoms with van der Waals surface area (Å²) in [5.74, 6) is 3.12. The van der Waals surface area contributed by atoms with Crippen molar-refractivity contribution >= 4 is 40.4 Å². The SMILES string of the molecule is C#CCCC1CN(C(=O)c2csc(-c3ccc(Cl)cc3Cl)n2)C1. The Hall–Kier alpha value is -1.54. The van der Waals surface area contributed by atoms with Crippen molar-refractivity contribution in [3.8, 4) is 22.9 Å². The molecule has 0 atom stereocenters. The first-order valence-electron chi connectivity index (χ1n) is 7.22. The molecule has 1 fully saturated rings. The predicted octanol–water partition coefficient (Wildman–Crippen LogP) is 4.60. The molecule has 118 valence electrons. The van der Waals surface area contributed by atoms with Crippen LogP contribution in [0.4, 0.5) is 0 Å². The van der Waals surface area contributed by atoms with E-state index < -0.39 is 0 Å². The van der Waals surface area contributed by atoms with Gasteiger partial charge in [-0.3, -0.25) is 4.79 Å². The van der Waals surface area contributed by atoms with E-state index in [4.69, 9.17) is 29.6 Å². The van der Waals surface area contributed by atoms with Crippen molar-refractivity contribution in [1.82, 2.24) is 9.88 Å². The number of terminal acetylenes is 1. The summed E-state index contributed by atoms with van der Waals surface area (Å²) in [5.41, 5.74) is 1.25. The lowest BCUT2D eigenvalue weighted by Gasteiger charge is -2.38. The van der Waals surface area contributed by atoms with E-state index in [1.165, 1.54) is 11.3 Å². The van der Waals surface area contributed by atoms with Crippen molar-refractivity contribution in [2.24, 2.45) is 5.92 Å². The molecule has 0 aliphatic carbocycles. The second-order valence-corrected chi connectivity index (χ2v) is 7.18. The van der Waals surface area contributed by atoms with E-state index >= 15 is 0 Å². The number of likely N-dealkylation sites (tertiary alicyclic amines) is 1. The Kier molecular flexibility index (Phi) is 4.91. The van der Waals surface area contributed by atoms with Gasteiger partial charge in [-0.05, 0) is 30.5 Å². The Bertz CT molecular complexity index is 775. The summed E-state index contributed by atoms with van der Waals surface area (Å²) in [4.78, 5) is 18.6. The van der Waals surface area contributed by atoms with Crippen LogP contribution in [0.1, 0.15) is 23.3 Å². The summed E-state index contributed by atoms with van der Waals surface area (Å²) >= 11 is 13.5. The van der Waals surface area contributed by atoms with Crippen LogP contribution in [0.3, 0.4) is 0 Å². The maximum atomic E-state index is 12.4. The number of carbonyl (C=O) groups excluding carboxylic acids is 1. The number of aromatic nitrogens is 1. The van der Waals surface area contributed by atoms with Gasteiger partial charge >= 0.3 is 0 Å². The van der Waals surface area contributed by atoms with E-state index in [9.17, 15) is 4.79 Å². The van der Waals surface area contributed by atoms with Crippen LogP contribution < -0.4 is 0 Å². The van der Waals surface area contributed by atoms with Crippen LogP contribution in [0.15, 0.2) is 23.6 Å². The normalized spacial score (nSPS) is 14.4. The number of thiazole rings is 1. The third-order valence-electron chi connectivity index (χ3n) is 3.83. The first kappa shape index (κ1) is 16.3. The average molecular weight is 365 g/mol. The number of halogens is 2. The van der Waals surface area contributed by atoms with E-state index in [0.717, 1.165) is 36.5 Å². The fraction of sp³-hybridized carbons (Fsp3) is 0.294. The summed E-state index contributed by atoms with van der Waals surface area (Å²) in [6.45, 7) is 1.52. The summed E-state index contributed by atoms with van der Waals surface area (Å²) in [5, 5.41) is 3.60. The van der Waals surface area contributed by atoms with E-state index in [-0.39, 0.29) is 5.91 Å².